The zero-order valence-electron chi connectivity index (χ0n) is 13.9. The summed E-state index contributed by atoms with van der Waals surface area (Å²) in [6, 6.07) is 6.74. The summed E-state index contributed by atoms with van der Waals surface area (Å²) in [5.41, 5.74) is 3.44. The maximum Gasteiger partial charge on any atom is 0.316 e. The third-order valence-electron chi connectivity index (χ3n) is 3.07. The monoisotopic (exact) mass is 309 g/mol. The zero-order chi connectivity index (χ0) is 16.0. The Morgan fingerprint density at radius 1 is 1.33 bits per heavy atom. The second kappa shape index (κ2) is 7.85. The zero-order valence-corrected chi connectivity index (χ0v) is 14.8. The van der Waals surface area contributed by atoms with Crippen LogP contribution in [-0.2, 0) is 9.53 Å². The number of carbonyl (C=O) groups excluding carboxylic acids is 1. The number of benzene rings is 1. The fraction of sp³-hybridized carbons (Fsp3) is 0.588. The maximum atomic E-state index is 11.7. The predicted octanol–water partition coefficient (Wildman–Crippen LogP) is 3.64. The molecular weight excluding hydrogens is 282 g/mol. The first kappa shape index (κ1) is 18.1. The molecule has 0 aliphatic carbocycles. The Kier molecular flexibility index (Phi) is 6.75. The third-order valence-corrected chi connectivity index (χ3v) is 4.08. The molecule has 4 heteroatoms. The number of ether oxygens (including phenoxy) is 1. The van der Waals surface area contributed by atoms with Crippen molar-refractivity contribution < 1.29 is 9.53 Å². The van der Waals surface area contributed by atoms with E-state index in [0.29, 0.717) is 5.75 Å². The van der Waals surface area contributed by atoms with E-state index in [-0.39, 0.29) is 12.0 Å². The van der Waals surface area contributed by atoms with Gasteiger partial charge in [-0.3, -0.25) is 4.79 Å². The minimum Gasteiger partial charge on any atom is -0.459 e. The molecule has 0 saturated carbocycles. The van der Waals surface area contributed by atoms with Gasteiger partial charge in [0.1, 0.15) is 5.60 Å². The number of thioether (sulfide) groups is 1. The van der Waals surface area contributed by atoms with Crippen LogP contribution in [0, 0.1) is 13.8 Å². The molecule has 1 aromatic rings. The van der Waals surface area contributed by atoms with E-state index in [2.05, 4.69) is 37.4 Å². The minimum absolute atomic E-state index is 0.150. The predicted molar refractivity (Wildman–Crippen MR) is 90.9 cm³/mol. The molecular formula is C17H27NO2S. The van der Waals surface area contributed by atoms with E-state index in [4.69, 9.17) is 4.74 Å². The molecule has 0 spiro atoms. The van der Waals surface area contributed by atoms with Crippen LogP contribution in [-0.4, -0.2) is 30.1 Å². The van der Waals surface area contributed by atoms with Crippen LogP contribution in [0.3, 0.4) is 0 Å². The summed E-state index contributed by atoms with van der Waals surface area (Å²) >= 11 is 1.61. The van der Waals surface area contributed by atoms with Gasteiger partial charge < -0.3 is 10.1 Å². The highest BCUT2D eigenvalue weighted by molar-refractivity contribution is 7.99. The van der Waals surface area contributed by atoms with Crippen LogP contribution in [0.2, 0.25) is 0 Å². The molecule has 1 aromatic carbocycles. The lowest BCUT2D eigenvalue weighted by Crippen LogP contribution is -2.26. The molecule has 0 fully saturated rings. The van der Waals surface area contributed by atoms with Crippen molar-refractivity contribution in [3.05, 3.63) is 34.9 Å². The van der Waals surface area contributed by atoms with Crippen molar-refractivity contribution in [1.29, 1.82) is 0 Å². The first-order chi connectivity index (χ1) is 9.73. The van der Waals surface area contributed by atoms with Crippen molar-refractivity contribution in [1.82, 2.24) is 5.32 Å². The molecule has 0 heterocycles. The Labute approximate surface area is 132 Å². The van der Waals surface area contributed by atoms with Crippen molar-refractivity contribution in [2.75, 3.05) is 18.6 Å². The molecule has 1 unspecified atom stereocenters. The van der Waals surface area contributed by atoms with E-state index in [0.717, 1.165) is 5.75 Å². The fourth-order valence-electron chi connectivity index (χ4n) is 2.18. The highest BCUT2D eigenvalue weighted by atomic mass is 32.2. The molecule has 0 aliphatic rings. The van der Waals surface area contributed by atoms with Crippen LogP contribution in [0.5, 0.6) is 0 Å². The molecule has 0 aliphatic heterocycles. The normalized spacial score (nSPS) is 13.0. The van der Waals surface area contributed by atoms with Crippen LogP contribution in [0.15, 0.2) is 18.2 Å². The molecule has 0 aromatic heterocycles. The van der Waals surface area contributed by atoms with Gasteiger partial charge in [-0.2, -0.15) is 0 Å². The Bertz CT molecular complexity index is 480. The number of carbonyl (C=O) groups is 1. The van der Waals surface area contributed by atoms with E-state index in [9.17, 15) is 4.79 Å². The average Bonchev–Trinajstić information content (AvgIpc) is 2.33. The van der Waals surface area contributed by atoms with Gasteiger partial charge in [-0.1, -0.05) is 23.8 Å². The van der Waals surface area contributed by atoms with E-state index in [1.165, 1.54) is 16.7 Å². The van der Waals surface area contributed by atoms with Gasteiger partial charge in [0.15, 0.2) is 0 Å². The Morgan fingerprint density at radius 3 is 2.52 bits per heavy atom. The van der Waals surface area contributed by atoms with Gasteiger partial charge in [0, 0.05) is 11.8 Å². The molecule has 1 N–H and O–H groups in total. The topological polar surface area (TPSA) is 38.3 Å². The molecule has 118 valence electrons. The number of nitrogens with one attached hydrogen (secondary N) is 1. The van der Waals surface area contributed by atoms with Gasteiger partial charge in [-0.15, -0.1) is 11.8 Å². The standard InChI is InChI=1S/C17H27NO2S/c1-12-7-8-14(13(2)9-12)15(18-6)10-21-11-16(19)20-17(3,4)5/h7-9,15,18H,10-11H2,1-6H3. The summed E-state index contributed by atoms with van der Waals surface area (Å²) in [7, 11) is 1.96. The minimum atomic E-state index is -0.409. The lowest BCUT2D eigenvalue weighted by atomic mass is 10.0. The smallest absolute Gasteiger partial charge is 0.316 e. The van der Waals surface area contributed by atoms with Crippen molar-refractivity contribution in [3.8, 4) is 0 Å². The quantitative estimate of drug-likeness (QED) is 0.814. The van der Waals surface area contributed by atoms with E-state index in [1.807, 2.05) is 27.8 Å². The summed E-state index contributed by atoms with van der Waals surface area (Å²) in [6.45, 7) is 9.90. The van der Waals surface area contributed by atoms with Crippen molar-refractivity contribution in [3.63, 3.8) is 0 Å². The highest BCUT2D eigenvalue weighted by Crippen LogP contribution is 2.23. The first-order valence-electron chi connectivity index (χ1n) is 7.27. The van der Waals surface area contributed by atoms with Crippen LogP contribution < -0.4 is 5.32 Å². The maximum absolute atomic E-state index is 11.7. The molecule has 1 atom stereocenters. The van der Waals surface area contributed by atoms with E-state index >= 15 is 0 Å². The molecule has 0 bridgehead atoms. The van der Waals surface area contributed by atoms with E-state index in [1.54, 1.807) is 11.8 Å². The second-order valence-electron chi connectivity index (χ2n) is 6.30. The second-order valence-corrected chi connectivity index (χ2v) is 7.33. The molecule has 3 nitrogen and oxygen atoms in total. The number of aryl methyl sites for hydroxylation is 2. The lowest BCUT2D eigenvalue weighted by Gasteiger charge is -2.21. The van der Waals surface area contributed by atoms with Gasteiger partial charge in [0.05, 0.1) is 5.75 Å². The lowest BCUT2D eigenvalue weighted by molar-refractivity contribution is -0.151. The first-order valence-corrected chi connectivity index (χ1v) is 8.42. The van der Waals surface area contributed by atoms with Crippen LogP contribution >= 0.6 is 11.8 Å². The SMILES string of the molecule is CNC(CSCC(=O)OC(C)(C)C)c1ccc(C)cc1C. The highest BCUT2D eigenvalue weighted by Gasteiger charge is 2.17. The van der Waals surface area contributed by atoms with E-state index < -0.39 is 5.60 Å². The number of rotatable bonds is 6. The fourth-order valence-corrected chi connectivity index (χ4v) is 3.10. The van der Waals surface area contributed by atoms with Crippen molar-refractivity contribution in [2.24, 2.45) is 0 Å². The molecule has 0 amide bonds. The number of hydrogen-bond acceptors (Lipinski definition) is 4. The number of hydrogen-bond donors (Lipinski definition) is 1. The summed E-state index contributed by atoms with van der Waals surface area (Å²) in [6.07, 6.45) is 0. The average molecular weight is 309 g/mol. The number of esters is 1. The van der Waals surface area contributed by atoms with Crippen LogP contribution in [0.25, 0.3) is 0 Å². The largest absolute Gasteiger partial charge is 0.459 e. The van der Waals surface area contributed by atoms with Gasteiger partial charge >= 0.3 is 5.97 Å². The van der Waals surface area contributed by atoms with Crippen molar-refractivity contribution in [2.45, 2.75) is 46.3 Å². The Morgan fingerprint density at radius 2 is 2.00 bits per heavy atom. The summed E-state index contributed by atoms with van der Waals surface area (Å²) in [5, 5.41) is 3.33. The third kappa shape index (κ3) is 6.53. The Hall–Kier alpha value is -1.00. The molecule has 0 radical (unpaired) electrons. The molecule has 0 saturated heterocycles. The summed E-state index contributed by atoms with van der Waals surface area (Å²) in [4.78, 5) is 11.7. The van der Waals surface area contributed by atoms with Gasteiger partial charge in [-0.05, 0) is 52.8 Å². The van der Waals surface area contributed by atoms with Crippen LogP contribution in [0.4, 0.5) is 0 Å². The van der Waals surface area contributed by atoms with Gasteiger partial charge in [0.25, 0.3) is 0 Å². The Balaban J connectivity index is 2.54. The van der Waals surface area contributed by atoms with Crippen LogP contribution in [0.1, 0.15) is 43.5 Å². The summed E-state index contributed by atoms with van der Waals surface area (Å²) < 4.78 is 5.32. The molecule has 1 rings (SSSR count). The summed E-state index contributed by atoms with van der Waals surface area (Å²) in [5.74, 6) is 1.09. The van der Waals surface area contributed by atoms with Gasteiger partial charge in [-0.25, -0.2) is 0 Å². The van der Waals surface area contributed by atoms with Crippen molar-refractivity contribution >= 4 is 17.7 Å². The molecule has 21 heavy (non-hydrogen) atoms. The van der Waals surface area contributed by atoms with Gasteiger partial charge in [0.2, 0.25) is 0 Å².